The van der Waals surface area contributed by atoms with Crippen LogP contribution in [0.3, 0.4) is 0 Å². The molecule has 0 radical (unpaired) electrons. The molecule has 0 fully saturated rings. The highest BCUT2D eigenvalue weighted by atomic mass is 79.9. The molecule has 1 aromatic rings. The van der Waals surface area contributed by atoms with Gasteiger partial charge in [-0.3, -0.25) is 0 Å². The van der Waals surface area contributed by atoms with E-state index in [4.69, 9.17) is 0 Å². The fourth-order valence-electron chi connectivity index (χ4n) is 1.05. The lowest BCUT2D eigenvalue weighted by molar-refractivity contribution is -0.390. The van der Waals surface area contributed by atoms with E-state index in [2.05, 4.69) is 36.8 Å². The third-order valence-electron chi connectivity index (χ3n) is 1.68. The van der Waals surface area contributed by atoms with Crippen LogP contribution in [0.4, 0.5) is 14.6 Å². The van der Waals surface area contributed by atoms with Gasteiger partial charge in [0.2, 0.25) is 0 Å². The van der Waals surface area contributed by atoms with Crippen LogP contribution in [-0.2, 0) is 5.33 Å². The number of halogens is 4. The zero-order valence-corrected chi connectivity index (χ0v) is 10.3. The average molecular weight is 346 g/mol. The summed E-state index contributed by atoms with van der Waals surface area (Å²) in [6, 6.07) is 0. The van der Waals surface area contributed by atoms with Crippen molar-refractivity contribution in [2.45, 2.75) is 11.8 Å². The summed E-state index contributed by atoms with van der Waals surface area (Å²) in [5.74, 6) is -0.551. The van der Waals surface area contributed by atoms with Gasteiger partial charge in [0.05, 0.1) is 10.0 Å². The monoisotopic (exact) mass is 344 g/mol. The van der Waals surface area contributed by atoms with Gasteiger partial charge in [0.1, 0.15) is 0 Å². The van der Waals surface area contributed by atoms with Crippen LogP contribution in [0.25, 0.3) is 0 Å². The van der Waals surface area contributed by atoms with E-state index in [1.54, 1.807) is 0 Å². The molecule has 0 aliphatic heterocycles. The molecule has 0 unspecified atom stereocenters. The Morgan fingerprint density at radius 2 is 2.20 bits per heavy atom. The molecule has 0 N–H and O–H groups in total. The van der Waals surface area contributed by atoms with Crippen molar-refractivity contribution >= 4 is 37.7 Å². The third kappa shape index (κ3) is 2.49. The van der Waals surface area contributed by atoms with Gasteiger partial charge in [-0.2, -0.15) is 0 Å². The summed E-state index contributed by atoms with van der Waals surface area (Å²) < 4.78 is 25.3. The third-order valence-corrected chi connectivity index (χ3v) is 2.87. The van der Waals surface area contributed by atoms with Crippen LogP contribution >= 0.6 is 31.9 Å². The Morgan fingerprint density at radius 3 is 2.60 bits per heavy atom. The molecule has 0 bridgehead atoms. The van der Waals surface area contributed by atoms with E-state index in [1.165, 1.54) is 0 Å². The van der Waals surface area contributed by atoms with Crippen LogP contribution < -0.4 is 0 Å². The smallest absolute Gasteiger partial charge is 0.358 e. The molecule has 0 amide bonds. The van der Waals surface area contributed by atoms with E-state index in [9.17, 15) is 18.9 Å². The largest absolute Gasteiger partial charge is 0.368 e. The summed E-state index contributed by atoms with van der Waals surface area (Å²) in [6.07, 6.45) is -1.78. The average Bonchev–Trinajstić information content (AvgIpc) is 2.15. The van der Waals surface area contributed by atoms with Gasteiger partial charge >= 0.3 is 5.82 Å². The number of alkyl halides is 3. The SMILES string of the molecule is O=[N+]([O-])c1ncc(Br)c(C(F)F)c1CBr. The summed E-state index contributed by atoms with van der Waals surface area (Å²) in [6.45, 7) is 0. The Balaban J connectivity index is 3.47. The van der Waals surface area contributed by atoms with Crippen LogP contribution in [0.15, 0.2) is 10.7 Å². The first-order valence-corrected chi connectivity index (χ1v) is 5.56. The van der Waals surface area contributed by atoms with Gasteiger partial charge in [-0.15, -0.1) is 0 Å². The van der Waals surface area contributed by atoms with E-state index in [0.717, 1.165) is 6.20 Å². The van der Waals surface area contributed by atoms with Crippen molar-refractivity contribution in [2.75, 3.05) is 0 Å². The number of rotatable bonds is 3. The molecule has 0 spiro atoms. The predicted octanol–water partition coefficient (Wildman–Crippen LogP) is 3.58. The lowest BCUT2D eigenvalue weighted by Gasteiger charge is -2.07. The molecule has 8 heteroatoms. The van der Waals surface area contributed by atoms with Gasteiger partial charge in [-0.1, -0.05) is 15.9 Å². The highest BCUT2D eigenvalue weighted by Crippen LogP contribution is 2.35. The summed E-state index contributed by atoms with van der Waals surface area (Å²) in [4.78, 5) is 13.2. The Labute approximate surface area is 100 Å². The molecule has 0 saturated carbocycles. The normalized spacial score (nSPS) is 10.7. The molecule has 1 rings (SSSR count). The molecule has 4 nitrogen and oxygen atoms in total. The minimum Gasteiger partial charge on any atom is -0.358 e. The maximum absolute atomic E-state index is 12.6. The number of nitro groups is 1. The van der Waals surface area contributed by atoms with Crippen LogP contribution in [0.1, 0.15) is 17.6 Å². The van der Waals surface area contributed by atoms with Gasteiger partial charge < -0.3 is 10.1 Å². The zero-order valence-electron chi connectivity index (χ0n) is 7.08. The van der Waals surface area contributed by atoms with Crippen molar-refractivity contribution in [2.24, 2.45) is 0 Å². The van der Waals surface area contributed by atoms with E-state index in [0.29, 0.717) is 0 Å². The van der Waals surface area contributed by atoms with Crippen molar-refractivity contribution < 1.29 is 13.7 Å². The Morgan fingerprint density at radius 1 is 1.60 bits per heavy atom. The fraction of sp³-hybridized carbons (Fsp3) is 0.286. The van der Waals surface area contributed by atoms with Crippen molar-refractivity contribution in [3.8, 4) is 0 Å². The maximum atomic E-state index is 12.6. The number of hydrogen-bond acceptors (Lipinski definition) is 3. The first kappa shape index (κ1) is 12.4. The lowest BCUT2D eigenvalue weighted by Crippen LogP contribution is -2.03. The molecule has 0 atom stereocenters. The minimum atomic E-state index is -2.78. The van der Waals surface area contributed by atoms with Crippen LogP contribution in [0, 0.1) is 10.1 Å². The molecule has 15 heavy (non-hydrogen) atoms. The number of nitrogens with zero attached hydrogens (tertiary/aromatic N) is 2. The Kier molecular flexibility index (Phi) is 4.09. The second-order valence-corrected chi connectivity index (χ2v) is 3.93. The number of aromatic nitrogens is 1. The van der Waals surface area contributed by atoms with Crippen LogP contribution in [-0.4, -0.2) is 9.91 Å². The molecule has 1 heterocycles. The molecule has 0 saturated heterocycles. The number of hydrogen-bond donors (Lipinski definition) is 0. The highest BCUT2D eigenvalue weighted by molar-refractivity contribution is 9.10. The molecule has 0 aromatic carbocycles. The van der Waals surface area contributed by atoms with E-state index in [-0.39, 0.29) is 15.4 Å². The quantitative estimate of drug-likeness (QED) is 0.478. The fourth-order valence-corrected chi connectivity index (χ4v) is 2.12. The summed E-state index contributed by atoms with van der Waals surface area (Å²) in [7, 11) is 0. The molecule has 82 valence electrons. The highest BCUT2D eigenvalue weighted by Gasteiger charge is 2.26. The summed E-state index contributed by atoms with van der Waals surface area (Å²) in [5.41, 5.74) is -0.502. The van der Waals surface area contributed by atoms with Crippen molar-refractivity contribution in [1.29, 1.82) is 0 Å². The van der Waals surface area contributed by atoms with Crippen LogP contribution in [0.2, 0.25) is 0 Å². The second-order valence-electron chi connectivity index (χ2n) is 2.51. The number of pyridine rings is 1. The molecule has 1 aromatic heterocycles. The standard InChI is InChI=1S/C7H4Br2F2N2O2/c8-1-3-5(6(10)11)4(9)2-12-7(3)13(14)15/h2,6H,1H2. The predicted molar refractivity (Wildman–Crippen MR) is 56.2 cm³/mol. The first-order chi connectivity index (χ1) is 6.99. The first-order valence-electron chi connectivity index (χ1n) is 3.64. The van der Waals surface area contributed by atoms with Gasteiger partial charge in [0.25, 0.3) is 6.43 Å². The molecule has 0 aliphatic carbocycles. The van der Waals surface area contributed by atoms with Gasteiger partial charge in [-0.25, -0.2) is 8.78 Å². The van der Waals surface area contributed by atoms with Gasteiger partial charge in [-0.05, 0) is 25.8 Å². The van der Waals surface area contributed by atoms with Crippen molar-refractivity contribution in [3.63, 3.8) is 0 Å². The second kappa shape index (κ2) is 4.93. The van der Waals surface area contributed by atoms with E-state index < -0.39 is 22.7 Å². The van der Waals surface area contributed by atoms with Gasteiger partial charge in [0.15, 0.2) is 6.20 Å². The topological polar surface area (TPSA) is 56.0 Å². The molecular formula is C7H4Br2F2N2O2. The molecule has 0 aliphatic rings. The summed E-state index contributed by atoms with van der Waals surface area (Å²) in [5, 5.41) is 10.5. The summed E-state index contributed by atoms with van der Waals surface area (Å²) >= 11 is 5.82. The van der Waals surface area contributed by atoms with Crippen molar-refractivity contribution in [3.05, 3.63) is 31.9 Å². The lowest BCUT2D eigenvalue weighted by atomic mass is 10.1. The Bertz CT molecular complexity index is 401. The van der Waals surface area contributed by atoms with E-state index in [1.807, 2.05) is 0 Å². The van der Waals surface area contributed by atoms with E-state index >= 15 is 0 Å². The maximum Gasteiger partial charge on any atom is 0.368 e. The zero-order chi connectivity index (χ0) is 11.6. The Hall–Kier alpha value is -0.630. The van der Waals surface area contributed by atoms with Crippen molar-refractivity contribution in [1.82, 2.24) is 4.98 Å². The van der Waals surface area contributed by atoms with Crippen LogP contribution in [0.5, 0.6) is 0 Å². The minimum absolute atomic E-state index is 0.0462. The molecular weight excluding hydrogens is 342 g/mol. The van der Waals surface area contributed by atoms with Gasteiger partial charge in [0, 0.05) is 10.9 Å².